The molecule has 0 aliphatic rings. The summed E-state index contributed by atoms with van der Waals surface area (Å²) in [5.41, 5.74) is 8.38. The van der Waals surface area contributed by atoms with Gasteiger partial charge in [0, 0.05) is 22.6 Å². The Hall–Kier alpha value is -2.47. The second-order valence-electron chi connectivity index (χ2n) is 6.71. The highest BCUT2D eigenvalue weighted by atomic mass is 32.1. The number of benzene rings is 1. The lowest BCUT2D eigenvalue weighted by atomic mass is 9.98. The number of hydrogen-bond donors (Lipinski definition) is 1. The summed E-state index contributed by atoms with van der Waals surface area (Å²) in [4.78, 5) is 16.4. The van der Waals surface area contributed by atoms with Gasteiger partial charge in [0.2, 0.25) is 0 Å². The Morgan fingerprint density at radius 2 is 1.96 bits per heavy atom. The van der Waals surface area contributed by atoms with E-state index in [-0.39, 0.29) is 5.41 Å². The van der Waals surface area contributed by atoms with Crippen LogP contribution in [0, 0.1) is 0 Å². The molecule has 0 atom stereocenters. The van der Waals surface area contributed by atoms with Crippen LogP contribution in [-0.4, -0.2) is 20.7 Å². The Morgan fingerprint density at radius 3 is 2.54 bits per heavy atom. The van der Waals surface area contributed by atoms with Crippen molar-refractivity contribution in [2.75, 3.05) is 0 Å². The Bertz CT molecular complexity index is 859. The average molecular weight is 340 g/mol. The summed E-state index contributed by atoms with van der Waals surface area (Å²) in [6.45, 7) is 6.94. The van der Waals surface area contributed by atoms with Crippen molar-refractivity contribution < 1.29 is 4.79 Å². The molecular weight excluding hydrogens is 320 g/mol. The minimum Gasteiger partial charge on any atom is -0.365 e. The molecule has 3 rings (SSSR count). The number of carbonyl (C=O) groups is 1. The molecule has 2 heterocycles. The van der Waals surface area contributed by atoms with Gasteiger partial charge in [-0.05, 0) is 0 Å². The van der Waals surface area contributed by atoms with Crippen molar-refractivity contribution in [2.45, 2.75) is 32.7 Å². The number of nitrogens with zero attached hydrogens (tertiary/aromatic N) is 3. The van der Waals surface area contributed by atoms with E-state index in [1.54, 1.807) is 22.2 Å². The first-order valence-electron chi connectivity index (χ1n) is 7.72. The molecule has 3 aromatic rings. The van der Waals surface area contributed by atoms with Crippen molar-refractivity contribution in [1.82, 2.24) is 14.8 Å². The van der Waals surface area contributed by atoms with Gasteiger partial charge in [0.1, 0.15) is 5.69 Å². The van der Waals surface area contributed by atoms with Crippen LogP contribution in [0.4, 0.5) is 0 Å². The lowest BCUT2D eigenvalue weighted by Crippen LogP contribution is -2.11. The van der Waals surface area contributed by atoms with Crippen LogP contribution < -0.4 is 5.73 Å². The zero-order valence-electron chi connectivity index (χ0n) is 14.0. The third kappa shape index (κ3) is 3.38. The molecule has 6 heteroatoms. The smallest absolute Gasteiger partial charge is 0.252 e. The van der Waals surface area contributed by atoms with Crippen LogP contribution in [-0.2, 0) is 12.0 Å². The van der Waals surface area contributed by atoms with Crippen LogP contribution in [0.5, 0.6) is 0 Å². The van der Waals surface area contributed by atoms with Crippen molar-refractivity contribution in [2.24, 2.45) is 5.73 Å². The first-order valence-corrected chi connectivity index (χ1v) is 8.60. The topological polar surface area (TPSA) is 73.8 Å². The number of primary amides is 1. The molecule has 2 N–H and O–H groups in total. The number of rotatable bonds is 4. The Kier molecular flexibility index (Phi) is 4.24. The van der Waals surface area contributed by atoms with Crippen LogP contribution in [0.2, 0.25) is 0 Å². The van der Waals surface area contributed by atoms with Crippen molar-refractivity contribution >= 4 is 17.2 Å². The van der Waals surface area contributed by atoms with Gasteiger partial charge in [-0.3, -0.25) is 9.48 Å². The molecule has 0 fully saturated rings. The summed E-state index contributed by atoms with van der Waals surface area (Å²) >= 11 is 1.65. The zero-order valence-corrected chi connectivity index (χ0v) is 14.8. The molecule has 0 spiro atoms. The largest absolute Gasteiger partial charge is 0.365 e. The molecule has 1 aromatic carbocycles. The molecular formula is C18H20N4OS. The van der Waals surface area contributed by atoms with Crippen LogP contribution in [0.25, 0.3) is 11.3 Å². The quantitative estimate of drug-likeness (QED) is 0.790. The van der Waals surface area contributed by atoms with E-state index in [0.717, 1.165) is 16.3 Å². The highest BCUT2D eigenvalue weighted by Crippen LogP contribution is 2.26. The fourth-order valence-electron chi connectivity index (χ4n) is 2.38. The first-order chi connectivity index (χ1) is 11.3. The molecule has 0 unspecified atom stereocenters. The molecule has 24 heavy (non-hydrogen) atoms. The molecule has 2 aromatic heterocycles. The summed E-state index contributed by atoms with van der Waals surface area (Å²) in [7, 11) is 0. The van der Waals surface area contributed by atoms with Crippen LogP contribution in [0.1, 0.15) is 41.8 Å². The second kappa shape index (κ2) is 6.20. The lowest BCUT2D eigenvalue weighted by Gasteiger charge is -2.13. The standard InChI is InChI=1S/C18H20N4OS/c1-18(2,3)17-20-13(11-24-17)9-22-10-14(16(19)23)15(21-22)12-7-5-4-6-8-12/h4-8,10-11H,9H2,1-3H3,(H2,19,23). The predicted octanol–water partition coefficient (Wildman–Crippen LogP) is 3.45. The lowest BCUT2D eigenvalue weighted by molar-refractivity contribution is 0.100. The molecule has 1 amide bonds. The highest BCUT2D eigenvalue weighted by molar-refractivity contribution is 7.09. The van der Waals surface area contributed by atoms with Crippen LogP contribution in [0.15, 0.2) is 41.9 Å². The van der Waals surface area contributed by atoms with Gasteiger partial charge in [-0.2, -0.15) is 5.10 Å². The van der Waals surface area contributed by atoms with Gasteiger partial charge in [-0.25, -0.2) is 4.98 Å². The van der Waals surface area contributed by atoms with Crippen LogP contribution in [0.3, 0.4) is 0 Å². The monoisotopic (exact) mass is 340 g/mol. The van der Waals surface area contributed by atoms with E-state index >= 15 is 0 Å². The van der Waals surface area contributed by atoms with E-state index < -0.39 is 5.91 Å². The van der Waals surface area contributed by atoms with E-state index in [2.05, 4.69) is 30.9 Å². The zero-order chi connectivity index (χ0) is 17.3. The molecule has 5 nitrogen and oxygen atoms in total. The summed E-state index contributed by atoms with van der Waals surface area (Å²) in [5, 5.41) is 7.67. The SMILES string of the molecule is CC(C)(C)c1nc(Cn2cc(C(N)=O)c(-c3ccccc3)n2)cs1. The predicted molar refractivity (Wildman–Crippen MR) is 96.1 cm³/mol. The Morgan fingerprint density at radius 1 is 1.25 bits per heavy atom. The molecule has 0 aliphatic heterocycles. The van der Waals surface area contributed by atoms with Gasteiger partial charge in [-0.1, -0.05) is 51.1 Å². The van der Waals surface area contributed by atoms with E-state index in [1.165, 1.54) is 0 Å². The minimum atomic E-state index is -0.478. The number of amides is 1. The van der Waals surface area contributed by atoms with Gasteiger partial charge >= 0.3 is 0 Å². The number of aromatic nitrogens is 3. The molecule has 0 saturated carbocycles. The van der Waals surface area contributed by atoms with Gasteiger partial charge in [0.15, 0.2) is 0 Å². The normalized spacial score (nSPS) is 11.6. The number of carbonyl (C=O) groups excluding carboxylic acids is 1. The minimum absolute atomic E-state index is 0.0284. The number of thiazole rings is 1. The number of hydrogen-bond acceptors (Lipinski definition) is 4. The number of nitrogens with two attached hydrogens (primary N) is 1. The Labute approximate surface area is 145 Å². The van der Waals surface area contributed by atoms with Gasteiger partial charge < -0.3 is 5.73 Å². The first kappa shape index (κ1) is 16.4. The maximum Gasteiger partial charge on any atom is 0.252 e. The van der Waals surface area contributed by atoms with E-state index in [4.69, 9.17) is 5.73 Å². The van der Waals surface area contributed by atoms with Crippen LogP contribution >= 0.6 is 11.3 Å². The van der Waals surface area contributed by atoms with Gasteiger partial charge in [0.25, 0.3) is 5.91 Å². The van der Waals surface area contributed by atoms with E-state index in [0.29, 0.717) is 17.8 Å². The average Bonchev–Trinajstić information content (AvgIpc) is 3.15. The summed E-state index contributed by atoms with van der Waals surface area (Å²) in [5.74, 6) is -0.478. The van der Waals surface area contributed by atoms with Crippen molar-refractivity contribution in [3.8, 4) is 11.3 Å². The Balaban J connectivity index is 1.92. The van der Waals surface area contributed by atoms with E-state index in [1.807, 2.05) is 35.7 Å². The van der Waals surface area contributed by atoms with Gasteiger partial charge in [-0.15, -0.1) is 11.3 Å². The maximum absolute atomic E-state index is 11.8. The molecule has 0 bridgehead atoms. The summed E-state index contributed by atoms with van der Waals surface area (Å²) < 4.78 is 1.73. The van der Waals surface area contributed by atoms with Crippen molar-refractivity contribution in [1.29, 1.82) is 0 Å². The molecule has 0 aliphatic carbocycles. The summed E-state index contributed by atoms with van der Waals surface area (Å²) in [6.07, 6.45) is 1.70. The highest BCUT2D eigenvalue weighted by Gasteiger charge is 2.19. The van der Waals surface area contributed by atoms with Crippen molar-refractivity contribution in [3.63, 3.8) is 0 Å². The molecule has 124 valence electrons. The third-order valence-corrected chi connectivity index (χ3v) is 4.91. The summed E-state index contributed by atoms with van der Waals surface area (Å²) in [6, 6.07) is 9.58. The fourth-order valence-corrected chi connectivity index (χ4v) is 3.28. The molecule has 0 radical (unpaired) electrons. The van der Waals surface area contributed by atoms with Gasteiger partial charge in [0.05, 0.1) is 22.8 Å². The molecule has 0 saturated heterocycles. The van der Waals surface area contributed by atoms with Crippen molar-refractivity contribution in [3.05, 3.63) is 58.2 Å². The third-order valence-electron chi connectivity index (χ3n) is 3.59. The van der Waals surface area contributed by atoms with E-state index in [9.17, 15) is 4.79 Å². The maximum atomic E-state index is 11.8. The second-order valence-corrected chi connectivity index (χ2v) is 7.57. The fraction of sp³-hybridized carbons (Fsp3) is 0.278.